The summed E-state index contributed by atoms with van der Waals surface area (Å²) >= 11 is 0. The van der Waals surface area contributed by atoms with Gasteiger partial charge in [0.05, 0.1) is 17.6 Å². The molecule has 132 valence electrons. The van der Waals surface area contributed by atoms with Gasteiger partial charge in [0, 0.05) is 16.5 Å². The molecule has 3 aromatic carbocycles. The number of aromatic nitrogens is 1. The Labute approximate surface area is 155 Å². The van der Waals surface area contributed by atoms with Crippen molar-refractivity contribution in [3.05, 3.63) is 72.3 Å². The van der Waals surface area contributed by atoms with E-state index in [-0.39, 0.29) is 0 Å². The van der Waals surface area contributed by atoms with Crippen molar-refractivity contribution in [2.45, 2.75) is 33.1 Å². The lowest BCUT2D eigenvalue weighted by molar-refractivity contribution is 0.306. The van der Waals surface area contributed by atoms with Crippen LogP contribution in [0.3, 0.4) is 0 Å². The first-order valence-corrected chi connectivity index (χ1v) is 9.51. The molecule has 0 unspecified atom stereocenters. The van der Waals surface area contributed by atoms with Crippen molar-refractivity contribution in [1.29, 1.82) is 0 Å². The Kier molecular flexibility index (Phi) is 4.66. The molecule has 0 aliphatic heterocycles. The van der Waals surface area contributed by atoms with Gasteiger partial charge in [-0.3, -0.25) is 0 Å². The van der Waals surface area contributed by atoms with Crippen LogP contribution < -0.4 is 4.74 Å². The van der Waals surface area contributed by atoms with Crippen molar-refractivity contribution in [1.82, 2.24) is 4.57 Å². The number of hydrogen-bond acceptors (Lipinski definition) is 1. The quantitative estimate of drug-likeness (QED) is 0.357. The molecule has 0 bridgehead atoms. The summed E-state index contributed by atoms with van der Waals surface area (Å²) in [4.78, 5) is 0. The lowest BCUT2D eigenvalue weighted by Gasteiger charge is -2.10. The fraction of sp³-hybridized carbons (Fsp3) is 0.250. The molecule has 0 fully saturated rings. The van der Waals surface area contributed by atoms with Gasteiger partial charge < -0.3 is 9.30 Å². The zero-order valence-electron chi connectivity index (χ0n) is 15.5. The number of rotatable bonds is 6. The number of ether oxygens (including phenoxy) is 1. The van der Waals surface area contributed by atoms with Crippen LogP contribution in [0.5, 0.6) is 5.75 Å². The van der Waals surface area contributed by atoms with Crippen LogP contribution in [0.25, 0.3) is 27.5 Å². The van der Waals surface area contributed by atoms with Gasteiger partial charge in [-0.1, -0.05) is 50.1 Å². The number of benzene rings is 3. The topological polar surface area (TPSA) is 14.2 Å². The Hall–Kier alpha value is -2.74. The Morgan fingerprint density at radius 1 is 0.808 bits per heavy atom. The molecule has 0 radical (unpaired) electrons. The van der Waals surface area contributed by atoms with Gasteiger partial charge in [-0.25, -0.2) is 0 Å². The van der Waals surface area contributed by atoms with Gasteiger partial charge in [-0.15, -0.1) is 0 Å². The molecule has 4 rings (SSSR count). The fourth-order valence-electron chi connectivity index (χ4n) is 3.59. The maximum absolute atomic E-state index is 5.87. The van der Waals surface area contributed by atoms with E-state index >= 15 is 0 Å². The highest BCUT2D eigenvalue weighted by Gasteiger charge is 2.11. The van der Waals surface area contributed by atoms with Gasteiger partial charge in [0.2, 0.25) is 0 Å². The second-order valence-corrected chi connectivity index (χ2v) is 6.92. The summed E-state index contributed by atoms with van der Waals surface area (Å²) in [5.74, 6) is 0.946. The summed E-state index contributed by atoms with van der Waals surface area (Å²) in [6.07, 6.45) is 3.55. The molecular weight excluding hydrogens is 318 g/mol. The van der Waals surface area contributed by atoms with Crippen LogP contribution in [0.1, 0.15) is 31.7 Å². The Morgan fingerprint density at radius 2 is 1.58 bits per heavy atom. The van der Waals surface area contributed by atoms with E-state index < -0.39 is 0 Å². The first-order chi connectivity index (χ1) is 12.8. The SMILES string of the molecule is CCCCCOc1ccc(-n2c3ccccc3c3ccc(C)cc32)cc1. The number of fused-ring (bicyclic) bond motifs is 3. The molecule has 2 nitrogen and oxygen atoms in total. The van der Waals surface area contributed by atoms with Crippen molar-refractivity contribution in [2.24, 2.45) is 0 Å². The molecule has 0 saturated heterocycles. The van der Waals surface area contributed by atoms with Crippen molar-refractivity contribution in [3.63, 3.8) is 0 Å². The van der Waals surface area contributed by atoms with Crippen LogP contribution in [0.4, 0.5) is 0 Å². The predicted octanol–water partition coefficient (Wildman–Crippen LogP) is 6.66. The fourth-order valence-corrected chi connectivity index (χ4v) is 3.59. The third-order valence-electron chi connectivity index (χ3n) is 4.94. The van der Waals surface area contributed by atoms with Gasteiger partial charge in [0.15, 0.2) is 0 Å². The predicted molar refractivity (Wildman–Crippen MR) is 111 cm³/mol. The number of nitrogens with zero attached hydrogens (tertiary/aromatic N) is 1. The minimum absolute atomic E-state index is 0.793. The molecule has 1 aromatic heterocycles. The highest BCUT2D eigenvalue weighted by atomic mass is 16.5. The number of hydrogen-bond donors (Lipinski definition) is 0. The maximum Gasteiger partial charge on any atom is 0.119 e. The second-order valence-electron chi connectivity index (χ2n) is 6.92. The van der Waals surface area contributed by atoms with E-state index in [1.807, 2.05) is 0 Å². The van der Waals surface area contributed by atoms with E-state index in [0.717, 1.165) is 18.8 Å². The van der Waals surface area contributed by atoms with Crippen LogP contribution >= 0.6 is 0 Å². The van der Waals surface area contributed by atoms with Gasteiger partial charge in [0.1, 0.15) is 5.75 Å². The monoisotopic (exact) mass is 343 g/mol. The largest absolute Gasteiger partial charge is 0.494 e. The molecular formula is C24H25NO. The maximum atomic E-state index is 5.87. The summed E-state index contributed by atoms with van der Waals surface area (Å²) in [5.41, 5.74) is 4.94. The van der Waals surface area contributed by atoms with E-state index in [4.69, 9.17) is 4.74 Å². The highest BCUT2D eigenvalue weighted by Crippen LogP contribution is 2.32. The van der Waals surface area contributed by atoms with Crippen LogP contribution in [0, 0.1) is 6.92 Å². The average molecular weight is 343 g/mol. The second kappa shape index (κ2) is 7.25. The minimum Gasteiger partial charge on any atom is -0.494 e. The molecule has 1 heterocycles. The van der Waals surface area contributed by atoms with E-state index in [1.54, 1.807) is 0 Å². The molecule has 0 saturated carbocycles. The third-order valence-corrected chi connectivity index (χ3v) is 4.94. The van der Waals surface area contributed by atoms with E-state index in [0.29, 0.717) is 0 Å². The Bertz CT molecular complexity index is 1030. The number of aryl methyl sites for hydroxylation is 1. The third kappa shape index (κ3) is 3.08. The first-order valence-electron chi connectivity index (χ1n) is 9.51. The summed E-state index contributed by atoms with van der Waals surface area (Å²) in [6, 6.07) is 23.8. The molecule has 0 spiro atoms. The molecule has 26 heavy (non-hydrogen) atoms. The van der Waals surface area contributed by atoms with Crippen LogP contribution in [-0.4, -0.2) is 11.2 Å². The zero-order chi connectivity index (χ0) is 17.9. The molecule has 0 N–H and O–H groups in total. The molecule has 0 aliphatic carbocycles. The summed E-state index contributed by atoms with van der Waals surface area (Å²) in [5, 5.41) is 2.59. The Morgan fingerprint density at radius 3 is 2.38 bits per heavy atom. The normalized spacial score (nSPS) is 11.3. The minimum atomic E-state index is 0.793. The molecule has 4 aromatic rings. The standard InChI is InChI=1S/C24H25NO/c1-3-4-7-16-26-20-13-11-19(12-14-20)25-23-9-6-5-8-21(23)22-15-10-18(2)17-24(22)25/h5-6,8-15,17H,3-4,7,16H2,1-2H3. The van der Waals surface area contributed by atoms with Gasteiger partial charge in [0.25, 0.3) is 0 Å². The van der Waals surface area contributed by atoms with Crippen molar-refractivity contribution < 1.29 is 4.74 Å². The van der Waals surface area contributed by atoms with Crippen LogP contribution in [0.2, 0.25) is 0 Å². The van der Waals surface area contributed by atoms with Crippen molar-refractivity contribution in [3.8, 4) is 11.4 Å². The smallest absolute Gasteiger partial charge is 0.119 e. The van der Waals surface area contributed by atoms with E-state index in [2.05, 4.69) is 85.1 Å². The van der Waals surface area contributed by atoms with Crippen molar-refractivity contribution >= 4 is 21.8 Å². The molecule has 2 heteroatoms. The zero-order valence-corrected chi connectivity index (χ0v) is 15.5. The summed E-state index contributed by atoms with van der Waals surface area (Å²) < 4.78 is 8.21. The average Bonchev–Trinajstić information content (AvgIpc) is 2.99. The summed E-state index contributed by atoms with van der Waals surface area (Å²) in [6.45, 7) is 5.15. The lowest BCUT2D eigenvalue weighted by atomic mass is 10.1. The highest BCUT2D eigenvalue weighted by molar-refractivity contribution is 6.09. The lowest BCUT2D eigenvalue weighted by Crippen LogP contribution is -1.98. The van der Waals surface area contributed by atoms with Gasteiger partial charge >= 0.3 is 0 Å². The number of para-hydroxylation sites is 1. The van der Waals surface area contributed by atoms with Crippen LogP contribution in [0.15, 0.2) is 66.7 Å². The Balaban J connectivity index is 1.74. The number of unbranched alkanes of at least 4 members (excludes halogenated alkanes) is 2. The van der Waals surface area contributed by atoms with Gasteiger partial charge in [-0.05, 0) is 55.3 Å². The van der Waals surface area contributed by atoms with Crippen LogP contribution in [-0.2, 0) is 0 Å². The molecule has 0 aliphatic rings. The van der Waals surface area contributed by atoms with E-state index in [9.17, 15) is 0 Å². The van der Waals surface area contributed by atoms with Gasteiger partial charge in [-0.2, -0.15) is 0 Å². The summed E-state index contributed by atoms with van der Waals surface area (Å²) in [7, 11) is 0. The first kappa shape index (κ1) is 16.7. The van der Waals surface area contributed by atoms with Crippen molar-refractivity contribution in [2.75, 3.05) is 6.61 Å². The van der Waals surface area contributed by atoms with E-state index in [1.165, 1.54) is 45.9 Å². The molecule has 0 atom stereocenters. The molecule has 0 amide bonds.